The fourth-order valence-corrected chi connectivity index (χ4v) is 2.37. The van der Waals surface area contributed by atoms with Crippen LogP contribution >= 0.6 is 11.6 Å². The third kappa shape index (κ3) is 2.10. The molecule has 0 N–H and O–H groups in total. The molecule has 20 heavy (non-hydrogen) atoms. The highest BCUT2D eigenvalue weighted by atomic mass is 35.5. The van der Waals surface area contributed by atoms with Crippen molar-refractivity contribution in [2.45, 2.75) is 12.4 Å². The van der Waals surface area contributed by atoms with E-state index in [-0.39, 0.29) is 11.4 Å². The molecule has 0 aliphatic rings. The van der Waals surface area contributed by atoms with Crippen LogP contribution in [0, 0.1) is 0 Å². The normalized spacial score (nSPS) is 11.1. The van der Waals surface area contributed by atoms with E-state index in [0.717, 1.165) is 5.82 Å². The van der Waals surface area contributed by atoms with E-state index in [0.29, 0.717) is 23.3 Å². The molecule has 3 rings (SSSR count). The highest BCUT2D eigenvalue weighted by molar-refractivity contribution is 6.16. The molecule has 0 unspecified atom stereocenters. The van der Waals surface area contributed by atoms with Crippen molar-refractivity contribution >= 4 is 22.5 Å². The van der Waals surface area contributed by atoms with Crippen LogP contribution in [-0.4, -0.2) is 19.1 Å². The molecule has 0 amide bonds. The van der Waals surface area contributed by atoms with E-state index in [9.17, 15) is 4.79 Å². The van der Waals surface area contributed by atoms with Gasteiger partial charge in [-0.15, -0.1) is 11.6 Å². The van der Waals surface area contributed by atoms with E-state index < -0.39 is 0 Å². The summed E-state index contributed by atoms with van der Waals surface area (Å²) >= 11 is 5.93. The lowest BCUT2D eigenvalue weighted by atomic mass is 10.2. The predicted octanol–water partition coefficient (Wildman–Crippen LogP) is 1.92. The van der Waals surface area contributed by atoms with Crippen molar-refractivity contribution in [3.05, 3.63) is 58.7 Å². The minimum atomic E-state index is -0.0887. The minimum absolute atomic E-state index is 0.0887. The van der Waals surface area contributed by atoms with Gasteiger partial charge in [-0.3, -0.25) is 9.36 Å². The summed E-state index contributed by atoms with van der Waals surface area (Å²) in [7, 11) is 1.89. The second-order valence-corrected chi connectivity index (χ2v) is 4.79. The van der Waals surface area contributed by atoms with Crippen LogP contribution in [0.25, 0.3) is 10.9 Å². The van der Waals surface area contributed by atoms with Crippen molar-refractivity contribution in [2.75, 3.05) is 0 Å². The molecule has 0 aliphatic heterocycles. The van der Waals surface area contributed by atoms with Crippen LogP contribution in [0.15, 0.2) is 41.5 Å². The molecule has 0 atom stereocenters. The van der Waals surface area contributed by atoms with Gasteiger partial charge in [-0.25, -0.2) is 9.97 Å². The number of alkyl halides is 1. The van der Waals surface area contributed by atoms with E-state index in [1.165, 1.54) is 0 Å². The number of rotatable bonds is 3. The van der Waals surface area contributed by atoms with Crippen LogP contribution in [0.2, 0.25) is 0 Å². The standard InChI is InChI=1S/C14H13ClN4O/c1-18-7-6-16-13(18)9-19-12(8-15)17-11-5-3-2-4-10(11)14(19)20/h2-7H,8-9H2,1H3. The number of hydrogen-bond donors (Lipinski definition) is 0. The van der Waals surface area contributed by atoms with Gasteiger partial charge in [0.1, 0.15) is 11.6 Å². The summed E-state index contributed by atoms with van der Waals surface area (Å²) in [4.78, 5) is 21.3. The highest BCUT2D eigenvalue weighted by Crippen LogP contribution is 2.10. The van der Waals surface area contributed by atoms with Gasteiger partial charge in [-0.2, -0.15) is 0 Å². The zero-order valence-corrected chi connectivity index (χ0v) is 11.7. The van der Waals surface area contributed by atoms with Crippen LogP contribution in [-0.2, 0) is 19.5 Å². The van der Waals surface area contributed by atoms with Crippen LogP contribution < -0.4 is 5.56 Å². The Bertz CT molecular complexity index is 821. The van der Waals surface area contributed by atoms with Crippen LogP contribution in [0.5, 0.6) is 0 Å². The molecule has 2 aromatic heterocycles. The summed E-state index contributed by atoms with van der Waals surface area (Å²) in [6.07, 6.45) is 3.55. The second kappa shape index (κ2) is 5.09. The molecule has 102 valence electrons. The van der Waals surface area contributed by atoms with Gasteiger partial charge < -0.3 is 4.57 Å². The van der Waals surface area contributed by atoms with Gasteiger partial charge >= 0.3 is 0 Å². The molecule has 0 bridgehead atoms. The lowest BCUT2D eigenvalue weighted by molar-refractivity contribution is 0.648. The number of hydrogen-bond acceptors (Lipinski definition) is 3. The maximum absolute atomic E-state index is 12.6. The Hall–Kier alpha value is -2.14. The fraction of sp³-hybridized carbons (Fsp3) is 0.214. The zero-order chi connectivity index (χ0) is 14.1. The summed E-state index contributed by atoms with van der Waals surface area (Å²) in [5, 5.41) is 0.593. The number of para-hydroxylation sites is 1. The molecule has 0 saturated heterocycles. The van der Waals surface area contributed by atoms with Gasteiger partial charge in [0.15, 0.2) is 0 Å². The van der Waals surface area contributed by atoms with E-state index in [2.05, 4.69) is 9.97 Å². The van der Waals surface area contributed by atoms with E-state index >= 15 is 0 Å². The quantitative estimate of drug-likeness (QED) is 0.692. The van der Waals surface area contributed by atoms with Crippen LogP contribution in [0.1, 0.15) is 11.6 Å². The lowest BCUT2D eigenvalue weighted by Crippen LogP contribution is -2.26. The minimum Gasteiger partial charge on any atom is -0.337 e. The van der Waals surface area contributed by atoms with Gasteiger partial charge in [0.25, 0.3) is 5.56 Å². The fourth-order valence-electron chi connectivity index (χ4n) is 2.17. The Kier molecular flexibility index (Phi) is 3.28. The first-order valence-corrected chi connectivity index (χ1v) is 6.75. The third-order valence-electron chi connectivity index (χ3n) is 3.28. The van der Waals surface area contributed by atoms with E-state index in [1.807, 2.05) is 36.0 Å². The largest absolute Gasteiger partial charge is 0.337 e. The molecule has 2 heterocycles. The molecule has 0 saturated carbocycles. The summed E-state index contributed by atoms with van der Waals surface area (Å²) < 4.78 is 3.46. The summed E-state index contributed by atoms with van der Waals surface area (Å²) in [5.74, 6) is 1.53. The summed E-state index contributed by atoms with van der Waals surface area (Å²) in [5.41, 5.74) is 0.582. The lowest BCUT2D eigenvalue weighted by Gasteiger charge is -2.11. The van der Waals surface area contributed by atoms with Crippen molar-refractivity contribution in [3.8, 4) is 0 Å². The number of aryl methyl sites for hydroxylation is 1. The number of benzene rings is 1. The molecule has 0 radical (unpaired) electrons. The van der Waals surface area contributed by atoms with Gasteiger partial charge in [-0.05, 0) is 12.1 Å². The van der Waals surface area contributed by atoms with Crippen molar-refractivity contribution < 1.29 is 0 Å². The van der Waals surface area contributed by atoms with Crippen molar-refractivity contribution in [3.63, 3.8) is 0 Å². The van der Waals surface area contributed by atoms with Gasteiger partial charge in [-0.1, -0.05) is 12.1 Å². The van der Waals surface area contributed by atoms with Crippen molar-refractivity contribution in [1.29, 1.82) is 0 Å². The van der Waals surface area contributed by atoms with Gasteiger partial charge in [0.2, 0.25) is 0 Å². The number of nitrogens with zero attached hydrogens (tertiary/aromatic N) is 4. The topological polar surface area (TPSA) is 52.7 Å². The molecule has 0 fully saturated rings. The summed E-state index contributed by atoms with van der Waals surface area (Å²) in [6.45, 7) is 0.363. The summed E-state index contributed by atoms with van der Waals surface area (Å²) in [6, 6.07) is 7.28. The smallest absolute Gasteiger partial charge is 0.261 e. The van der Waals surface area contributed by atoms with E-state index in [4.69, 9.17) is 11.6 Å². The molecular weight excluding hydrogens is 276 g/mol. The highest BCUT2D eigenvalue weighted by Gasteiger charge is 2.12. The SMILES string of the molecule is Cn1ccnc1Cn1c(CCl)nc2ccccc2c1=O. The molecular formula is C14H13ClN4O. The molecule has 3 aromatic rings. The Morgan fingerprint density at radius 2 is 2.05 bits per heavy atom. The zero-order valence-electron chi connectivity index (χ0n) is 11.0. The second-order valence-electron chi connectivity index (χ2n) is 4.52. The van der Waals surface area contributed by atoms with Gasteiger partial charge in [0, 0.05) is 19.4 Å². The monoisotopic (exact) mass is 288 g/mol. The first kappa shape index (κ1) is 12.9. The molecule has 0 aliphatic carbocycles. The average molecular weight is 289 g/mol. The Labute approximate surface area is 120 Å². The van der Waals surface area contributed by atoms with Crippen molar-refractivity contribution in [2.24, 2.45) is 7.05 Å². The van der Waals surface area contributed by atoms with Crippen LogP contribution in [0.3, 0.4) is 0 Å². The molecule has 1 aromatic carbocycles. The third-order valence-corrected chi connectivity index (χ3v) is 3.52. The Morgan fingerprint density at radius 1 is 1.25 bits per heavy atom. The maximum atomic E-state index is 12.6. The van der Waals surface area contributed by atoms with Crippen molar-refractivity contribution in [1.82, 2.24) is 19.1 Å². The number of imidazole rings is 1. The molecule has 5 nitrogen and oxygen atoms in total. The van der Waals surface area contributed by atoms with E-state index in [1.54, 1.807) is 16.8 Å². The maximum Gasteiger partial charge on any atom is 0.261 e. The number of aromatic nitrogens is 4. The first-order valence-electron chi connectivity index (χ1n) is 6.21. The Balaban J connectivity index is 2.21. The Morgan fingerprint density at radius 3 is 2.75 bits per heavy atom. The average Bonchev–Trinajstić information content (AvgIpc) is 2.87. The number of fused-ring (bicyclic) bond motifs is 1. The molecule has 0 spiro atoms. The molecule has 6 heteroatoms. The number of halogens is 1. The predicted molar refractivity (Wildman–Crippen MR) is 77.9 cm³/mol. The van der Waals surface area contributed by atoms with Gasteiger partial charge in [0.05, 0.1) is 23.3 Å². The van der Waals surface area contributed by atoms with Crippen LogP contribution in [0.4, 0.5) is 0 Å². The first-order chi connectivity index (χ1) is 9.70.